The molecule has 0 aliphatic rings. The molecule has 1 heterocycles. The van der Waals surface area contributed by atoms with E-state index in [0.29, 0.717) is 12.2 Å². The number of ether oxygens (including phenoxy) is 1. The molecule has 26 heavy (non-hydrogen) atoms. The van der Waals surface area contributed by atoms with Gasteiger partial charge in [-0.1, -0.05) is 35.9 Å². The number of thiazole rings is 1. The Kier molecular flexibility index (Phi) is 5.50. The fourth-order valence-corrected chi connectivity index (χ4v) is 3.54. The van der Waals surface area contributed by atoms with Crippen molar-refractivity contribution >= 4 is 23.0 Å². The molecular weight excluding hydrogens is 340 g/mol. The van der Waals surface area contributed by atoms with Crippen LogP contribution in [0.3, 0.4) is 0 Å². The molecule has 0 aliphatic heterocycles. The number of benzene rings is 2. The number of hydrogen-bond donors (Lipinski definition) is 0. The molecular formula is C22H20N2OS. The number of aromatic nitrogens is 1. The first-order chi connectivity index (χ1) is 12.6. The first kappa shape index (κ1) is 17.9. The van der Waals surface area contributed by atoms with Crippen LogP contribution in [0.2, 0.25) is 0 Å². The lowest BCUT2D eigenvalue weighted by atomic mass is 10.0. The summed E-state index contributed by atoms with van der Waals surface area (Å²) >= 11 is 1.49. The average molecular weight is 360 g/mol. The van der Waals surface area contributed by atoms with Crippen molar-refractivity contribution in [1.29, 1.82) is 5.26 Å². The van der Waals surface area contributed by atoms with Crippen molar-refractivity contribution < 1.29 is 4.74 Å². The van der Waals surface area contributed by atoms with Gasteiger partial charge in [0.05, 0.1) is 17.9 Å². The smallest absolute Gasteiger partial charge is 0.134 e. The van der Waals surface area contributed by atoms with Crippen LogP contribution in [-0.4, -0.2) is 11.6 Å². The molecule has 1 aromatic heterocycles. The zero-order chi connectivity index (χ0) is 18.5. The largest absolute Gasteiger partial charge is 0.494 e. The molecule has 0 saturated heterocycles. The molecule has 0 unspecified atom stereocenters. The Balaban J connectivity index is 1.89. The maximum absolute atomic E-state index is 9.57. The molecule has 0 fully saturated rings. The lowest BCUT2D eigenvalue weighted by Gasteiger charge is -2.03. The Labute approximate surface area is 158 Å². The second-order valence-corrected chi connectivity index (χ2v) is 6.89. The van der Waals surface area contributed by atoms with Crippen LogP contribution >= 0.6 is 11.3 Å². The van der Waals surface area contributed by atoms with E-state index in [-0.39, 0.29) is 0 Å². The summed E-state index contributed by atoms with van der Waals surface area (Å²) in [6.07, 6.45) is 1.86. The lowest BCUT2D eigenvalue weighted by molar-refractivity contribution is 0.340. The van der Waals surface area contributed by atoms with Gasteiger partial charge in [0, 0.05) is 10.9 Å². The molecule has 0 spiro atoms. The van der Waals surface area contributed by atoms with Gasteiger partial charge < -0.3 is 4.74 Å². The summed E-state index contributed by atoms with van der Waals surface area (Å²) in [5.41, 5.74) is 5.96. The molecule has 0 bridgehead atoms. The van der Waals surface area contributed by atoms with Gasteiger partial charge in [0.2, 0.25) is 0 Å². The highest BCUT2D eigenvalue weighted by Crippen LogP contribution is 2.29. The predicted octanol–water partition coefficient (Wildman–Crippen LogP) is 5.89. The van der Waals surface area contributed by atoms with Crippen molar-refractivity contribution in [3.8, 4) is 23.1 Å². The van der Waals surface area contributed by atoms with Crippen LogP contribution in [0.5, 0.6) is 5.75 Å². The third-order valence-electron chi connectivity index (χ3n) is 4.02. The highest BCUT2D eigenvalue weighted by atomic mass is 32.1. The van der Waals surface area contributed by atoms with E-state index in [1.54, 1.807) is 0 Å². The molecule has 3 nitrogen and oxygen atoms in total. The van der Waals surface area contributed by atoms with Crippen LogP contribution in [0, 0.1) is 25.2 Å². The zero-order valence-electron chi connectivity index (χ0n) is 15.1. The summed E-state index contributed by atoms with van der Waals surface area (Å²) in [7, 11) is 0. The van der Waals surface area contributed by atoms with Crippen molar-refractivity contribution in [3.63, 3.8) is 0 Å². The van der Waals surface area contributed by atoms with Gasteiger partial charge >= 0.3 is 0 Å². The van der Waals surface area contributed by atoms with E-state index >= 15 is 0 Å². The molecule has 130 valence electrons. The van der Waals surface area contributed by atoms with Gasteiger partial charge in [-0.25, -0.2) is 4.98 Å². The van der Waals surface area contributed by atoms with E-state index in [9.17, 15) is 5.26 Å². The van der Waals surface area contributed by atoms with E-state index in [1.807, 2.05) is 42.6 Å². The zero-order valence-corrected chi connectivity index (χ0v) is 15.9. The van der Waals surface area contributed by atoms with Gasteiger partial charge in [0.25, 0.3) is 0 Å². The highest BCUT2D eigenvalue weighted by Gasteiger charge is 2.11. The molecule has 0 saturated carbocycles. The summed E-state index contributed by atoms with van der Waals surface area (Å²) in [5.74, 6) is 0.828. The van der Waals surface area contributed by atoms with Gasteiger partial charge in [-0.05, 0) is 50.1 Å². The van der Waals surface area contributed by atoms with Crippen molar-refractivity contribution in [2.24, 2.45) is 0 Å². The second-order valence-electron chi connectivity index (χ2n) is 6.03. The minimum absolute atomic E-state index is 0.565. The Hall–Kier alpha value is -2.90. The quantitative estimate of drug-likeness (QED) is 0.533. The van der Waals surface area contributed by atoms with Gasteiger partial charge in [-0.2, -0.15) is 5.26 Å². The van der Waals surface area contributed by atoms with Crippen molar-refractivity contribution in [1.82, 2.24) is 4.98 Å². The minimum Gasteiger partial charge on any atom is -0.494 e. The fraction of sp³-hybridized carbons (Fsp3) is 0.182. The number of rotatable bonds is 5. The third-order valence-corrected chi connectivity index (χ3v) is 4.89. The molecule has 0 radical (unpaired) electrons. The highest BCUT2D eigenvalue weighted by molar-refractivity contribution is 7.11. The minimum atomic E-state index is 0.565. The fourth-order valence-electron chi connectivity index (χ4n) is 2.76. The Morgan fingerprint density at radius 1 is 1.19 bits per heavy atom. The summed E-state index contributed by atoms with van der Waals surface area (Å²) in [6.45, 7) is 6.76. The predicted molar refractivity (Wildman–Crippen MR) is 108 cm³/mol. The lowest BCUT2D eigenvalue weighted by Crippen LogP contribution is -1.90. The van der Waals surface area contributed by atoms with Crippen LogP contribution in [0.15, 0.2) is 47.8 Å². The summed E-state index contributed by atoms with van der Waals surface area (Å²) in [4.78, 5) is 4.69. The number of nitriles is 1. The molecule has 0 amide bonds. The average Bonchev–Trinajstić information content (AvgIpc) is 3.11. The van der Waals surface area contributed by atoms with E-state index in [1.165, 1.54) is 22.5 Å². The number of aryl methyl sites for hydroxylation is 2. The first-order valence-electron chi connectivity index (χ1n) is 8.49. The van der Waals surface area contributed by atoms with Crippen molar-refractivity contribution in [2.45, 2.75) is 20.8 Å². The molecule has 2 aromatic carbocycles. The standard InChI is InChI=1S/C22H20N2OS/c1-4-25-19-8-6-17(7-9-19)12-18(13-23)22-24-21(14-26-22)20-10-5-15(2)11-16(20)3/h5-12,14H,4H2,1-3H3/b18-12+. The normalized spacial score (nSPS) is 11.2. The second kappa shape index (κ2) is 7.99. The maximum atomic E-state index is 9.57. The van der Waals surface area contributed by atoms with Gasteiger partial charge in [0.15, 0.2) is 0 Å². The Bertz CT molecular complexity index is 978. The van der Waals surface area contributed by atoms with Crippen LogP contribution in [0.4, 0.5) is 0 Å². The third kappa shape index (κ3) is 4.01. The summed E-state index contributed by atoms with van der Waals surface area (Å²) in [5, 5.41) is 12.3. The van der Waals surface area contributed by atoms with Gasteiger partial charge in [0.1, 0.15) is 16.8 Å². The van der Waals surface area contributed by atoms with Crippen LogP contribution in [-0.2, 0) is 0 Å². The molecule has 0 aliphatic carbocycles. The number of nitrogens with zero attached hydrogens (tertiary/aromatic N) is 2. The molecule has 0 atom stereocenters. The van der Waals surface area contributed by atoms with Crippen molar-refractivity contribution in [3.05, 3.63) is 69.5 Å². The molecule has 0 N–H and O–H groups in total. The number of hydrogen-bond acceptors (Lipinski definition) is 4. The van der Waals surface area contributed by atoms with Gasteiger partial charge in [-0.3, -0.25) is 0 Å². The van der Waals surface area contributed by atoms with E-state index in [0.717, 1.165) is 27.6 Å². The first-order valence-corrected chi connectivity index (χ1v) is 9.37. The van der Waals surface area contributed by atoms with Crippen LogP contribution in [0.25, 0.3) is 22.9 Å². The maximum Gasteiger partial charge on any atom is 0.134 e. The summed E-state index contributed by atoms with van der Waals surface area (Å²) < 4.78 is 5.45. The van der Waals surface area contributed by atoms with E-state index < -0.39 is 0 Å². The van der Waals surface area contributed by atoms with Crippen LogP contribution < -0.4 is 4.74 Å². The summed E-state index contributed by atoms with van der Waals surface area (Å²) in [6, 6.07) is 16.3. The Morgan fingerprint density at radius 2 is 1.96 bits per heavy atom. The molecule has 4 heteroatoms. The number of allylic oxidation sites excluding steroid dienone is 1. The monoisotopic (exact) mass is 360 g/mol. The topological polar surface area (TPSA) is 45.9 Å². The van der Waals surface area contributed by atoms with Crippen molar-refractivity contribution in [2.75, 3.05) is 6.61 Å². The SMILES string of the molecule is CCOc1ccc(/C=C(\C#N)c2nc(-c3ccc(C)cc3C)cs2)cc1. The molecule has 3 aromatic rings. The van der Waals surface area contributed by atoms with Crippen LogP contribution in [0.1, 0.15) is 28.6 Å². The van der Waals surface area contributed by atoms with E-state index in [4.69, 9.17) is 4.74 Å². The Morgan fingerprint density at radius 3 is 2.62 bits per heavy atom. The van der Waals surface area contributed by atoms with E-state index in [2.05, 4.69) is 43.1 Å². The van der Waals surface area contributed by atoms with Gasteiger partial charge in [-0.15, -0.1) is 11.3 Å². The molecule has 3 rings (SSSR count).